The third-order valence-electron chi connectivity index (χ3n) is 5.89. The van der Waals surface area contributed by atoms with E-state index in [9.17, 15) is 8.78 Å². The second-order valence-electron chi connectivity index (χ2n) is 8.16. The molecule has 2 heterocycles. The quantitative estimate of drug-likeness (QED) is 0.557. The Morgan fingerprint density at radius 2 is 1.46 bits per heavy atom. The zero-order valence-electron chi connectivity index (χ0n) is 16.8. The molecule has 0 bridgehead atoms. The van der Waals surface area contributed by atoms with Gasteiger partial charge in [-0.25, -0.2) is 0 Å². The molecule has 0 aromatic heterocycles. The number of hydrogen-bond donors (Lipinski definition) is 0. The van der Waals surface area contributed by atoms with Gasteiger partial charge in [0, 0.05) is 12.5 Å². The summed E-state index contributed by atoms with van der Waals surface area (Å²) in [6.07, 6.45) is 5.65. The Hall–Kier alpha value is -0.600. The minimum Gasteiger partial charge on any atom is -0.373 e. The standard InChI is InChI=1S/C21H34F2O5/c1-2-3-4-9-24-18-13-27-21(28-14-18)17-11-25-20(26-12-17)16-7-5-15(6-8-16)10-19(22)23/h10,15-18,20-21H,2-9,11-14H2,1H3. The number of ether oxygens (including phenoxy) is 5. The molecule has 28 heavy (non-hydrogen) atoms. The number of hydrogen-bond acceptors (Lipinski definition) is 5. The maximum absolute atomic E-state index is 12.4. The molecule has 2 aliphatic heterocycles. The molecule has 1 aliphatic carbocycles. The molecule has 5 nitrogen and oxygen atoms in total. The Balaban J connectivity index is 1.31. The molecule has 162 valence electrons. The maximum atomic E-state index is 12.4. The van der Waals surface area contributed by atoms with Gasteiger partial charge in [0.15, 0.2) is 12.6 Å². The number of halogens is 2. The van der Waals surface area contributed by atoms with Crippen LogP contribution in [-0.4, -0.2) is 51.7 Å². The van der Waals surface area contributed by atoms with Crippen molar-refractivity contribution in [3.8, 4) is 0 Å². The van der Waals surface area contributed by atoms with Gasteiger partial charge in [-0.3, -0.25) is 0 Å². The minimum atomic E-state index is -1.57. The third kappa shape index (κ3) is 6.73. The van der Waals surface area contributed by atoms with Crippen molar-refractivity contribution in [2.24, 2.45) is 17.8 Å². The Labute approximate surface area is 166 Å². The van der Waals surface area contributed by atoms with Crippen LogP contribution in [0.2, 0.25) is 0 Å². The fraction of sp³-hybridized carbons (Fsp3) is 0.905. The predicted molar refractivity (Wildman–Crippen MR) is 99.9 cm³/mol. The molecule has 0 atom stereocenters. The first-order valence-corrected chi connectivity index (χ1v) is 10.8. The summed E-state index contributed by atoms with van der Waals surface area (Å²) >= 11 is 0. The van der Waals surface area contributed by atoms with Gasteiger partial charge in [0.25, 0.3) is 6.08 Å². The number of unbranched alkanes of at least 4 members (excludes halogenated alkanes) is 2. The second kappa shape index (κ2) is 11.6. The van der Waals surface area contributed by atoms with E-state index in [-0.39, 0.29) is 36.4 Å². The van der Waals surface area contributed by atoms with Crippen molar-refractivity contribution in [1.29, 1.82) is 0 Å². The van der Waals surface area contributed by atoms with E-state index in [4.69, 9.17) is 23.7 Å². The first-order chi connectivity index (χ1) is 13.7. The first kappa shape index (κ1) is 22.1. The van der Waals surface area contributed by atoms with Gasteiger partial charge in [0.05, 0.1) is 32.3 Å². The van der Waals surface area contributed by atoms with Crippen molar-refractivity contribution in [3.05, 3.63) is 12.2 Å². The van der Waals surface area contributed by atoms with Gasteiger partial charge in [-0.1, -0.05) is 19.8 Å². The smallest absolute Gasteiger partial charge is 0.266 e. The van der Waals surface area contributed by atoms with Crippen molar-refractivity contribution in [3.63, 3.8) is 0 Å². The third-order valence-corrected chi connectivity index (χ3v) is 5.89. The van der Waals surface area contributed by atoms with Crippen molar-refractivity contribution < 1.29 is 32.5 Å². The van der Waals surface area contributed by atoms with Crippen LogP contribution in [-0.2, 0) is 23.7 Å². The van der Waals surface area contributed by atoms with Crippen LogP contribution in [0.4, 0.5) is 8.78 Å². The highest BCUT2D eigenvalue weighted by atomic mass is 19.3. The van der Waals surface area contributed by atoms with Gasteiger partial charge in [0.1, 0.15) is 6.10 Å². The summed E-state index contributed by atoms with van der Waals surface area (Å²) in [5.74, 6) is 0.318. The predicted octanol–water partition coefficient (Wildman–Crippen LogP) is 4.51. The lowest BCUT2D eigenvalue weighted by Crippen LogP contribution is -2.47. The van der Waals surface area contributed by atoms with Crippen LogP contribution in [0, 0.1) is 17.8 Å². The molecule has 7 heteroatoms. The van der Waals surface area contributed by atoms with E-state index < -0.39 is 6.08 Å². The fourth-order valence-electron chi connectivity index (χ4n) is 4.20. The zero-order valence-corrected chi connectivity index (χ0v) is 16.8. The van der Waals surface area contributed by atoms with E-state index >= 15 is 0 Å². The lowest BCUT2D eigenvalue weighted by atomic mass is 9.81. The molecule has 1 saturated carbocycles. The van der Waals surface area contributed by atoms with Crippen molar-refractivity contribution in [2.75, 3.05) is 33.0 Å². The molecule has 3 rings (SSSR count). The van der Waals surface area contributed by atoms with E-state index in [1.807, 2.05) is 0 Å². The van der Waals surface area contributed by atoms with Gasteiger partial charge in [-0.05, 0) is 44.1 Å². The molecule has 0 radical (unpaired) electrons. The zero-order chi connectivity index (χ0) is 19.8. The summed E-state index contributed by atoms with van der Waals surface area (Å²) in [4.78, 5) is 0. The average Bonchev–Trinajstić information content (AvgIpc) is 2.72. The molecule has 3 fully saturated rings. The van der Waals surface area contributed by atoms with Crippen molar-refractivity contribution >= 4 is 0 Å². The first-order valence-electron chi connectivity index (χ1n) is 10.8. The second-order valence-corrected chi connectivity index (χ2v) is 8.16. The lowest BCUT2D eigenvalue weighted by Gasteiger charge is -2.40. The monoisotopic (exact) mass is 404 g/mol. The normalized spacial score (nSPS) is 36.8. The van der Waals surface area contributed by atoms with Crippen LogP contribution in [0.3, 0.4) is 0 Å². The van der Waals surface area contributed by atoms with Crippen LogP contribution in [0.25, 0.3) is 0 Å². The maximum Gasteiger partial charge on any atom is 0.266 e. The van der Waals surface area contributed by atoms with Gasteiger partial charge in [-0.15, -0.1) is 0 Å². The highest BCUT2D eigenvalue weighted by Crippen LogP contribution is 2.35. The Bertz CT molecular complexity index is 461. The molecule has 0 unspecified atom stereocenters. The SMILES string of the molecule is CCCCCOC1COC(C2COC(C3CCC(C=C(F)F)CC3)OC2)OC1. The lowest BCUT2D eigenvalue weighted by molar-refractivity contribution is -0.298. The summed E-state index contributed by atoms with van der Waals surface area (Å²) in [7, 11) is 0. The highest BCUT2D eigenvalue weighted by molar-refractivity contribution is 4.91. The van der Waals surface area contributed by atoms with Crippen LogP contribution >= 0.6 is 0 Å². The largest absolute Gasteiger partial charge is 0.373 e. The molecule has 0 aromatic rings. The van der Waals surface area contributed by atoms with Gasteiger partial charge in [0.2, 0.25) is 0 Å². The highest BCUT2D eigenvalue weighted by Gasteiger charge is 2.37. The number of rotatable bonds is 8. The summed E-state index contributed by atoms with van der Waals surface area (Å²) in [6, 6.07) is 0. The summed E-state index contributed by atoms with van der Waals surface area (Å²) in [5, 5.41) is 0. The summed E-state index contributed by atoms with van der Waals surface area (Å²) in [5.41, 5.74) is 0. The molecule has 3 aliphatic rings. The summed E-state index contributed by atoms with van der Waals surface area (Å²) < 4.78 is 54.1. The summed E-state index contributed by atoms with van der Waals surface area (Å²) in [6.45, 7) is 5.08. The van der Waals surface area contributed by atoms with E-state index in [1.54, 1.807) is 0 Å². The minimum absolute atomic E-state index is 0.00433. The molecule has 0 amide bonds. The van der Waals surface area contributed by atoms with E-state index in [2.05, 4.69) is 6.92 Å². The van der Waals surface area contributed by atoms with Crippen molar-refractivity contribution in [1.82, 2.24) is 0 Å². The van der Waals surface area contributed by atoms with Gasteiger partial charge in [-0.2, -0.15) is 8.78 Å². The van der Waals surface area contributed by atoms with Crippen LogP contribution in [0.15, 0.2) is 12.2 Å². The van der Waals surface area contributed by atoms with E-state index in [0.717, 1.165) is 44.8 Å². The van der Waals surface area contributed by atoms with E-state index in [0.29, 0.717) is 26.4 Å². The van der Waals surface area contributed by atoms with E-state index in [1.165, 1.54) is 12.8 Å². The molecule has 2 saturated heterocycles. The van der Waals surface area contributed by atoms with Crippen LogP contribution in [0.5, 0.6) is 0 Å². The molecular weight excluding hydrogens is 370 g/mol. The van der Waals surface area contributed by atoms with Crippen LogP contribution < -0.4 is 0 Å². The Morgan fingerprint density at radius 1 is 0.857 bits per heavy atom. The Morgan fingerprint density at radius 3 is 2.07 bits per heavy atom. The fourth-order valence-corrected chi connectivity index (χ4v) is 4.20. The molecule has 0 N–H and O–H groups in total. The molecule has 0 aromatic carbocycles. The topological polar surface area (TPSA) is 46.2 Å². The Kier molecular flexibility index (Phi) is 9.11. The van der Waals surface area contributed by atoms with Crippen LogP contribution in [0.1, 0.15) is 51.9 Å². The van der Waals surface area contributed by atoms with Gasteiger partial charge >= 0.3 is 0 Å². The number of allylic oxidation sites excluding steroid dienone is 1. The van der Waals surface area contributed by atoms with Gasteiger partial charge < -0.3 is 23.7 Å². The molecular formula is C21H34F2O5. The average molecular weight is 404 g/mol. The molecule has 0 spiro atoms. The van der Waals surface area contributed by atoms with Crippen molar-refractivity contribution in [2.45, 2.75) is 70.6 Å².